The maximum atomic E-state index is 12.1. The zero-order valence-electron chi connectivity index (χ0n) is 11.1. The summed E-state index contributed by atoms with van der Waals surface area (Å²) in [5.41, 5.74) is 0.424. The van der Waals surface area contributed by atoms with E-state index >= 15 is 0 Å². The first-order valence-electron chi connectivity index (χ1n) is 6.28. The van der Waals surface area contributed by atoms with Crippen molar-refractivity contribution in [1.29, 1.82) is 0 Å². The van der Waals surface area contributed by atoms with Gasteiger partial charge in [0.1, 0.15) is 11.6 Å². The fourth-order valence-corrected chi connectivity index (χ4v) is 2.50. The lowest BCUT2D eigenvalue weighted by Crippen LogP contribution is -2.09. The van der Waals surface area contributed by atoms with Gasteiger partial charge in [0, 0.05) is 0 Å². The summed E-state index contributed by atoms with van der Waals surface area (Å²) < 4.78 is 15.7. The van der Waals surface area contributed by atoms with Crippen molar-refractivity contribution >= 4 is 18.7 Å². The van der Waals surface area contributed by atoms with Crippen molar-refractivity contribution in [1.82, 2.24) is 9.97 Å². The van der Waals surface area contributed by atoms with Gasteiger partial charge in [0.05, 0.1) is 16.5 Å². The molecule has 3 N–H and O–H groups in total. The number of para-hydroxylation sites is 2. The van der Waals surface area contributed by atoms with Crippen LogP contribution < -0.4 is 10.1 Å². The maximum Gasteiger partial charge on any atom is 0.524 e. The van der Waals surface area contributed by atoms with Crippen molar-refractivity contribution in [2.75, 3.05) is 0 Å². The van der Waals surface area contributed by atoms with Gasteiger partial charge in [-0.1, -0.05) is 24.3 Å². The molecule has 0 bridgehead atoms. The Kier molecular flexibility index (Phi) is 3.54. The third kappa shape index (κ3) is 2.92. The van der Waals surface area contributed by atoms with Crippen molar-refractivity contribution in [3.05, 3.63) is 58.9 Å². The zero-order valence-corrected chi connectivity index (χ0v) is 12.0. The minimum atomic E-state index is -4.71. The molecule has 1 aromatic heterocycles. The summed E-state index contributed by atoms with van der Waals surface area (Å²) in [6.45, 7) is 0. The topological polar surface area (TPSA) is 113 Å². The Balaban J connectivity index is 2.20. The molecule has 8 heteroatoms. The van der Waals surface area contributed by atoms with Gasteiger partial charge in [0.25, 0.3) is 5.56 Å². The largest absolute Gasteiger partial charge is 0.524 e. The number of nitrogens with zero attached hydrogens (tertiary/aromatic N) is 1. The highest BCUT2D eigenvalue weighted by Crippen LogP contribution is 2.41. The molecule has 0 amide bonds. The summed E-state index contributed by atoms with van der Waals surface area (Å²) in [6, 6.07) is 13.0. The molecule has 2 aromatic carbocycles. The molecule has 1 heterocycles. The van der Waals surface area contributed by atoms with Gasteiger partial charge < -0.3 is 9.51 Å². The second kappa shape index (κ2) is 5.38. The Morgan fingerprint density at radius 1 is 1.05 bits per heavy atom. The van der Waals surface area contributed by atoms with E-state index < -0.39 is 7.82 Å². The molecule has 0 aliphatic heterocycles. The van der Waals surface area contributed by atoms with E-state index in [0.29, 0.717) is 10.9 Å². The first-order chi connectivity index (χ1) is 10.4. The number of rotatable bonds is 3. The molecule has 22 heavy (non-hydrogen) atoms. The van der Waals surface area contributed by atoms with E-state index in [1.165, 1.54) is 6.07 Å². The minimum absolute atomic E-state index is 0.0609. The van der Waals surface area contributed by atoms with E-state index in [9.17, 15) is 9.36 Å². The average molecular weight is 318 g/mol. The highest BCUT2D eigenvalue weighted by molar-refractivity contribution is 7.46. The molecule has 0 atom stereocenters. The lowest BCUT2D eigenvalue weighted by molar-refractivity contribution is 0.283. The Morgan fingerprint density at radius 3 is 2.50 bits per heavy atom. The lowest BCUT2D eigenvalue weighted by atomic mass is 10.1. The van der Waals surface area contributed by atoms with Crippen LogP contribution in [0.3, 0.4) is 0 Å². The standard InChI is InChI=1S/C14H11N2O5P/c17-14-9-5-1-3-7-11(9)15-13(16-14)10-6-2-4-8-12(10)21-22(18,19)20/h1-8H,(H,15,16,17)(H2,18,19,20). The molecule has 0 fully saturated rings. The summed E-state index contributed by atoms with van der Waals surface area (Å²) >= 11 is 0. The summed E-state index contributed by atoms with van der Waals surface area (Å²) in [4.78, 5) is 36.9. The van der Waals surface area contributed by atoms with Crippen LogP contribution in [0, 0.1) is 0 Å². The molecule has 7 nitrogen and oxygen atoms in total. The number of nitrogens with one attached hydrogen (secondary N) is 1. The summed E-state index contributed by atoms with van der Waals surface area (Å²) in [5, 5.41) is 0.430. The predicted octanol–water partition coefficient (Wildman–Crippen LogP) is 2.06. The molecule has 0 saturated carbocycles. The second-order valence-corrected chi connectivity index (χ2v) is 5.67. The molecule has 0 saturated heterocycles. The SMILES string of the molecule is O=c1[nH]c(-c2ccccc2OP(=O)(O)O)nc2ccccc12. The second-order valence-electron chi connectivity index (χ2n) is 4.51. The molecular formula is C14H11N2O5P. The van der Waals surface area contributed by atoms with Crippen molar-refractivity contribution in [3.8, 4) is 17.1 Å². The van der Waals surface area contributed by atoms with E-state index in [-0.39, 0.29) is 22.7 Å². The number of benzene rings is 2. The summed E-state index contributed by atoms with van der Waals surface area (Å²) in [6.07, 6.45) is 0. The molecule has 0 spiro atoms. The number of H-pyrrole nitrogens is 1. The van der Waals surface area contributed by atoms with Crippen LogP contribution in [0.1, 0.15) is 0 Å². The number of phosphoric acid groups is 1. The van der Waals surface area contributed by atoms with Gasteiger partial charge in [-0.25, -0.2) is 9.55 Å². The molecular weight excluding hydrogens is 307 g/mol. The van der Waals surface area contributed by atoms with Crippen LogP contribution in [0.4, 0.5) is 0 Å². The number of hydrogen-bond acceptors (Lipinski definition) is 4. The van der Waals surface area contributed by atoms with Gasteiger partial charge in [0.15, 0.2) is 0 Å². The molecule has 0 unspecified atom stereocenters. The van der Waals surface area contributed by atoms with Crippen LogP contribution >= 0.6 is 7.82 Å². The number of hydrogen-bond donors (Lipinski definition) is 3. The molecule has 0 radical (unpaired) electrons. The van der Waals surface area contributed by atoms with Crippen LogP contribution in [0.2, 0.25) is 0 Å². The fraction of sp³-hybridized carbons (Fsp3) is 0. The fourth-order valence-electron chi connectivity index (χ4n) is 2.08. The highest BCUT2D eigenvalue weighted by Gasteiger charge is 2.19. The number of aromatic amines is 1. The normalized spacial score (nSPS) is 11.5. The van der Waals surface area contributed by atoms with E-state index in [4.69, 9.17) is 9.79 Å². The van der Waals surface area contributed by atoms with E-state index in [2.05, 4.69) is 14.5 Å². The van der Waals surface area contributed by atoms with Crippen molar-refractivity contribution in [2.45, 2.75) is 0 Å². The summed E-state index contributed by atoms with van der Waals surface area (Å²) in [7, 11) is -4.71. The third-order valence-electron chi connectivity index (χ3n) is 2.97. The monoisotopic (exact) mass is 318 g/mol. The van der Waals surface area contributed by atoms with Crippen molar-refractivity contribution in [2.24, 2.45) is 0 Å². The van der Waals surface area contributed by atoms with Gasteiger partial charge in [-0.2, -0.15) is 0 Å². The number of aromatic nitrogens is 2. The molecule has 0 aliphatic rings. The third-order valence-corrected chi connectivity index (χ3v) is 3.41. The smallest absolute Gasteiger partial charge is 0.403 e. The van der Waals surface area contributed by atoms with Gasteiger partial charge in [-0.05, 0) is 24.3 Å². The average Bonchev–Trinajstić information content (AvgIpc) is 2.46. The number of phosphoric ester groups is 1. The van der Waals surface area contributed by atoms with Gasteiger partial charge in [-0.15, -0.1) is 0 Å². The van der Waals surface area contributed by atoms with Crippen LogP contribution in [-0.4, -0.2) is 19.8 Å². The Hall–Kier alpha value is -2.47. The van der Waals surface area contributed by atoms with E-state index in [1.54, 1.807) is 42.5 Å². The quantitative estimate of drug-likeness (QED) is 0.637. The molecule has 0 aliphatic carbocycles. The van der Waals surface area contributed by atoms with E-state index in [1.807, 2.05) is 0 Å². The molecule has 112 valence electrons. The molecule has 3 rings (SSSR count). The highest BCUT2D eigenvalue weighted by atomic mass is 31.2. The van der Waals surface area contributed by atoms with Crippen LogP contribution in [-0.2, 0) is 4.57 Å². The Morgan fingerprint density at radius 2 is 1.73 bits per heavy atom. The predicted molar refractivity (Wildman–Crippen MR) is 80.5 cm³/mol. The molecule has 3 aromatic rings. The zero-order chi connectivity index (χ0) is 15.7. The number of fused-ring (bicyclic) bond motifs is 1. The first kappa shape index (κ1) is 14.5. The van der Waals surface area contributed by atoms with Gasteiger partial charge in [-0.3, -0.25) is 14.6 Å². The Bertz CT molecular complexity index is 947. The minimum Gasteiger partial charge on any atom is -0.403 e. The Labute approximate surface area is 124 Å². The van der Waals surface area contributed by atoms with Gasteiger partial charge in [0.2, 0.25) is 0 Å². The summed E-state index contributed by atoms with van der Waals surface area (Å²) in [5.74, 6) is 0.113. The lowest BCUT2D eigenvalue weighted by Gasteiger charge is -2.11. The van der Waals surface area contributed by atoms with Crippen molar-refractivity contribution < 1.29 is 18.9 Å². The maximum absolute atomic E-state index is 12.1. The van der Waals surface area contributed by atoms with Crippen molar-refractivity contribution in [3.63, 3.8) is 0 Å². The van der Waals surface area contributed by atoms with Gasteiger partial charge >= 0.3 is 7.82 Å². The van der Waals surface area contributed by atoms with Crippen LogP contribution in [0.25, 0.3) is 22.3 Å². The van der Waals surface area contributed by atoms with E-state index in [0.717, 1.165) is 0 Å². The van der Waals surface area contributed by atoms with Crippen LogP contribution in [0.5, 0.6) is 5.75 Å². The van der Waals surface area contributed by atoms with Crippen LogP contribution in [0.15, 0.2) is 53.3 Å². The first-order valence-corrected chi connectivity index (χ1v) is 7.81.